The highest BCUT2D eigenvalue weighted by Gasteiger charge is 2.22. The lowest BCUT2D eigenvalue weighted by Gasteiger charge is -2.28. The van der Waals surface area contributed by atoms with E-state index in [2.05, 4.69) is 43.4 Å². The number of aliphatic hydroxyl groups excluding tert-OH is 1. The molecular formula is C21H29NOS. The number of nitrogens with one attached hydrogen (secondary N) is 1. The van der Waals surface area contributed by atoms with E-state index >= 15 is 0 Å². The van der Waals surface area contributed by atoms with Gasteiger partial charge in [0.05, 0.1) is 6.10 Å². The summed E-state index contributed by atoms with van der Waals surface area (Å²) < 4.78 is 0. The minimum absolute atomic E-state index is 0.0319. The molecule has 2 aromatic rings. The van der Waals surface area contributed by atoms with Gasteiger partial charge in [-0.25, -0.2) is 0 Å². The summed E-state index contributed by atoms with van der Waals surface area (Å²) >= 11 is 1.92. The standard InChI is InChI=1S/C21H29NOS/c1-3-4-15-24-16-20(21(23)19-13-9-6-10-14-19)22-17(2)18-11-7-5-8-12-18/h5-14,17,20-23H,3-4,15-16H2,1-2H3/t17-,20+,21+/m0/s1. The zero-order chi connectivity index (χ0) is 17.2. The van der Waals surface area contributed by atoms with Crippen LogP contribution in [0.5, 0.6) is 0 Å². The first kappa shape index (κ1) is 19.0. The predicted octanol–water partition coefficient (Wildman–Crippen LogP) is 4.97. The molecule has 0 aliphatic rings. The highest BCUT2D eigenvalue weighted by Crippen LogP contribution is 2.23. The first-order valence-corrected chi connectivity index (χ1v) is 9.99. The number of aliphatic hydroxyl groups is 1. The third kappa shape index (κ3) is 5.97. The zero-order valence-corrected chi connectivity index (χ0v) is 15.5. The summed E-state index contributed by atoms with van der Waals surface area (Å²) in [5.74, 6) is 2.06. The molecule has 130 valence electrons. The van der Waals surface area contributed by atoms with Crippen molar-refractivity contribution in [3.63, 3.8) is 0 Å². The summed E-state index contributed by atoms with van der Waals surface area (Å²) in [6, 6.07) is 20.6. The number of benzene rings is 2. The molecule has 2 nitrogen and oxygen atoms in total. The number of hydrogen-bond acceptors (Lipinski definition) is 3. The van der Waals surface area contributed by atoms with Crippen LogP contribution in [0.1, 0.15) is 50.0 Å². The van der Waals surface area contributed by atoms with Gasteiger partial charge in [-0.3, -0.25) is 0 Å². The van der Waals surface area contributed by atoms with Gasteiger partial charge in [-0.05, 0) is 30.2 Å². The average Bonchev–Trinajstić information content (AvgIpc) is 2.65. The van der Waals surface area contributed by atoms with Crippen LogP contribution in [0.4, 0.5) is 0 Å². The Hall–Kier alpha value is -1.29. The summed E-state index contributed by atoms with van der Waals surface area (Å²) in [4.78, 5) is 0. The molecule has 0 aliphatic heterocycles. The number of rotatable bonds is 10. The van der Waals surface area contributed by atoms with E-state index in [1.807, 2.05) is 48.2 Å². The van der Waals surface area contributed by atoms with Gasteiger partial charge in [-0.2, -0.15) is 11.8 Å². The van der Waals surface area contributed by atoms with Gasteiger partial charge in [-0.1, -0.05) is 74.0 Å². The molecule has 0 radical (unpaired) electrons. The smallest absolute Gasteiger partial charge is 0.0951 e. The molecule has 0 aromatic heterocycles. The van der Waals surface area contributed by atoms with E-state index < -0.39 is 6.10 Å². The lowest BCUT2D eigenvalue weighted by molar-refractivity contribution is 0.132. The van der Waals surface area contributed by atoms with Gasteiger partial charge in [0.1, 0.15) is 0 Å². The summed E-state index contributed by atoms with van der Waals surface area (Å²) in [6.07, 6.45) is 1.95. The van der Waals surface area contributed by atoms with E-state index in [0.29, 0.717) is 0 Å². The van der Waals surface area contributed by atoms with Crippen molar-refractivity contribution in [2.24, 2.45) is 0 Å². The van der Waals surface area contributed by atoms with E-state index in [-0.39, 0.29) is 12.1 Å². The topological polar surface area (TPSA) is 32.3 Å². The molecule has 2 aromatic carbocycles. The van der Waals surface area contributed by atoms with Crippen molar-refractivity contribution in [1.82, 2.24) is 5.32 Å². The Bertz CT molecular complexity index is 561. The van der Waals surface area contributed by atoms with E-state index in [0.717, 1.165) is 17.1 Å². The molecular weight excluding hydrogens is 314 g/mol. The lowest BCUT2D eigenvalue weighted by Crippen LogP contribution is -2.39. The van der Waals surface area contributed by atoms with Gasteiger partial charge in [0, 0.05) is 17.8 Å². The SMILES string of the molecule is CCCCSC[C@@H](N[C@@H](C)c1ccccc1)[C@H](O)c1ccccc1. The molecule has 0 saturated carbocycles. The molecule has 0 bridgehead atoms. The van der Waals surface area contributed by atoms with Gasteiger partial charge in [-0.15, -0.1) is 0 Å². The molecule has 0 amide bonds. The zero-order valence-electron chi connectivity index (χ0n) is 14.7. The molecule has 3 atom stereocenters. The monoisotopic (exact) mass is 343 g/mol. The van der Waals surface area contributed by atoms with Crippen molar-refractivity contribution in [1.29, 1.82) is 0 Å². The molecule has 0 fully saturated rings. The number of hydrogen-bond donors (Lipinski definition) is 2. The summed E-state index contributed by atoms with van der Waals surface area (Å²) in [7, 11) is 0. The van der Waals surface area contributed by atoms with Crippen LogP contribution in [0.25, 0.3) is 0 Å². The van der Waals surface area contributed by atoms with Crippen LogP contribution in [0.15, 0.2) is 60.7 Å². The maximum atomic E-state index is 10.9. The van der Waals surface area contributed by atoms with Crippen molar-refractivity contribution in [3.8, 4) is 0 Å². The summed E-state index contributed by atoms with van der Waals surface area (Å²) in [5, 5.41) is 14.5. The fourth-order valence-corrected chi connectivity index (χ4v) is 3.92. The van der Waals surface area contributed by atoms with Gasteiger partial charge < -0.3 is 10.4 Å². The van der Waals surface area contributed by atoms with Gasteiger partial charge in [0.2, 0.25) is 0 Å². The Kier molecular flexibility index (Phi) is 8.37. The third-order valence-corrected chi connectivity index (χ3v) is 5.40. The van der Waals surface area contributed by atoms with Gasteiger partial charge >= 0.3 is 0 Å². The first-order valence-electron chi connectivity index (χ1n) is 8.84. The van der Waals surface area contributed by atoms with Crippen LogP contribution in [-0.4, -0.2) is 22.7 Å². The van der Waals surface area contributed by atoms with Crippen LogP contribution >= 0.6 is 11.8 Å². The first-order chi connectivity index (χ1) is 11.7. The van der Waals surface area contributed by atoms with Crippen molar-refractivity contribution in [2.75, 3.05) is 11.5 Å². The highest BCUT2D eigenvalue weighted by molar-refractivity contribution is 7.99. The van der Waals surface area contributed by atoms with Gasteiger partial charge in [0.15, 0.2) is 0 Å². The maximum absolute atomic E-state index is 10.9. The second kappa shape index (κ2) is 10.5. The quantitative estimate of drug-likeness (QED) is 0.597. The third-order valence-electron chi connectivity index (χ3n) is 4.23. The molecule has 0 aliphatic carbocycles. The van der Waals surface area contributed by atoms with E-state index in [1.165, 1.54) is 18.4 Å². The normalized spacial score (nSPS) is 15.0. The largest absolute Gasteiger partial charge is 0.387 e. The number of unbranched alkanes of at least 4 members (excludes halogenated alkanes) is 1. The second-order valence-electron chi connectivity index (χ2n) is 6.19. The van der Waals surface area contributed by atoms with Crippen LogP contribution in [0, 0.1) is 0 Å². The molecule has 2 rings (SSSR count). The maximum Gasteiger partial charge on any atom is 0.0951 e. The molecule has 3 heteroatoms. The van der Waals surface area contributed by atoms with E-state index in [1.54, 1.807) is 0 Å². The minimum atomic E-state index is -0.494. The molecule has 0 unspecified atom stereocenters. The summed E-state index contributed by atoms with van der Waals surface area (Å²) in [6.45, 7) is 4.38. The molecule has 2 N–H and O–H groups in total. The number of thioether (sulfide) groups is 1. The molecule has 0 spiro atoms. The van der Waals surface area contributed by atoms with Crippen molar-refractivity contribution >= 4 is 11.8 Å². The van der Waals surface area contributed by atoms with Gasteiger partial charge in [0.25, 0.3) is 0 Å². The average molecular weight is 344 g/mol. The Morgan fingerprint density at radius 1 is 0.958 bits per heavy atom. The molecule has 24 heavy (non-hydrogen) atoms. The minimum Gasteiger partial charge on any atom is -0.387 e. The van der Waals surface area contributed by atoms with Crippen molar-refractivity contribution < 1.29 is 5.11 Å². The highest BCUT2D eigenvalue weighted by atomic mass is 32.2. The Balaban J connectivity index is 2.04. The van der Waals surface area contributed by atoms with E-state index in [9.17, 15) is 5.11 Å². The van der Waals surface area contributed by atoms with Crippen LogP contribution < -0.4 is 5.32 Å². The fraction of sp³-hybridized carbons (Fsp3) is 0.429. The predicted molar refractivity (Wildman–Crippen MR) is 105 cm³/mol. The molecule has 0 saturated heterocycles. The Labute approximate surface area is 150 Å². The van der Waals surface area contributed by atoms with E-state index in [4.69, 9.17) is 0 Å². The van der Waals surface area contributed by atoms with Crippen LogP contribution in [0.3, 0.4) is 0 Å². The second-order valence-corrected chi connectivity index (χ2v) is 7.34. The van der Waals surface area contributed by atoms with Crippen molar-refractivity contribution in [2.45, 2.75) is 44.9 Å². The van der Waals surface area contributed by atoms with Crippen LogP contribution in [0.2, 0.25) is 0 Å². The summed E-state index contributed by atoms with van der Waals surface area (Å²) in [5.41, 5.74) is 2.23. The molecule has 0 heterocycles. The lowest BCUT2D eigenvalue weighted by atomic mass is 10.0. The Morgan fingerprint density at radius 2 is 1.54 bits per heavy atom. The van der Waals surface area contributed by atoms with Crippen molar-refractivity contribution in [3.05, 3.63) is 71.8 Å². The Morgan fingerprint density at radius 3 is 2.12 bits per heavy atom. The fourth-order valence-electron chi connectivity index (χ4n) is 2.73. The van der Waals surface area contributed by atoms with Crippen LogP contribution in [-0.2, 0) is 0 Å².